The van der Waals surface area contributed by atoms with Gasteiger partial charge < -0.3 is 9.47 Å². The lowest BCUT2D eigenvalue weighted by atomic mass is 10.0. The zero-order chi connectivity index (χ0) is 29.7. The Labute approximate surface area is 256 Å². The first-order valence-corrected chi connectivity index (χ1v) is 15.9. The van der Waals surface area contributed by atoms with Crippen LogP contribution in [0, 0.1) is 0 Å². The molecule has 1 amide bonds. The molecular formula is C33H46Cl2N2O4. The summed E-state index contributed by atoms with van der Waals surface area (Å²) >= 11 is 12.0. The number of hydrogen-bond donors (Lipinski definition) is 1. The summed E-state index contributed by atoms with van der Waals surface area (Å²) in [6.07, 6.45) is 21.4. The standard InChI is InChI=1S/C33H46Cl2N2O4/c1-3-4-5-6-7-8-9-10-11-12-13-14-15-16-17-18-32(38)37-36-25-26-19-22-30(31(23-26)40-2)41-33(39)28-21-20-27(34)24-29(28)35/h19-25H,3-18H2,1-2H3,(H,37,38). The number of halogens is 2. The normalized spacial score (nSPS) is 11.1. The predicted molar refractivity (Wildman–Crippen MR) is 170 cm³/mol. The van der Waals surface area contributed by atoms with Crippen LogP contribution >= 0.6 is 23.2 Å². The fourth-order valence-electron chi connectivity index (χ4n) is 4.55. The number of hydrazone groups is 1. The largest absolute Gasteiger partial charge is 0.493 e. The number of nitrogens with zero attached hydrogens (tertiary/aromatic N) is 1. The molecule has 226 valence electrons. The van der Waals surface area contributed by atoms with Crippen LogP contribution in [-0.4, -0.2) is 25.2 Å². The van der Waals surface area contributed by atoms with Crippen molar-refractivity contribution < 1.29 is 19.1 Å². The van der Waals surface area contributed by atoms with E-state index in [-0.39, 0.29) is 22.2 Å². The molecule has 0 aromatic heterocycles. The van der Waals surface area contributed by atoms with Crippen molar-refractivity contribution in [2.24, 2.45) is 5.10 Å². The van der Waals surface area contributed by atoms with Crippen LogP contribution in [0.1, 0.15) is 126 Å². The number of methoxy groups -OCH3 is 1. The van der Waals surface area contributed by atoms with Gasteiger partial charge in [0.15, 0.2) is 11.5 Å². The van der Waals surface area contributed by atoms with Crippen molar-refractivity contribution in [1.82, 2.24) is 5.43 Å². The van der Waals surface area contributed by atoms with Gasteiger partial charge in [-0.2, -0.15) is 5.10 Å². The zero-order valence-electron chi connectivity index (χ0n) is 24.7. The Morgan fingerprint density at radius 3 is 1.93 bits per heavy atom. The number of unbranched alkanes of at least 4 members (excludes halogenated alkanes) is 14. The van der Waals surface area contributed by atoms with Crippen molar-refractivity contribution in [1.29, 1.82) is 0 Å². The van der Waals surface area contributed by atoms with E-state index >= 15 is 0 Å². The molecule has 1 N–H and O–H groups in total. The van der Waals surface area contributed by atoms with E-state index in [0.717, 1.165) is 12.8 Å². The zero-order valence-corrected chi connectivity index (χ0v) is 26.2. The minimum Gasteiger partial charge on any atom is -0.493 e. The number of benzene rings is 2. The summed E-state index contributed by atoms with van der Waals surface area (Å²) in [5, 5.41) is 4.67. The number of esters is 1. The van der Waals surface area contributed by atoms with E-state index in [1.54, 1.807) is 24.3 Å². The summed E-state index contributed by atoms with van der Waals surface area (Å²) in [6.45, 7) is 2.27. The molecule has 0 spiro atoms. The second-order valence-corrected chi connectivity index (χ2v) is 11.3. The maximum Gasteiger partial charge on any atom is 0.345 e. The number of carbonyl (C=O) groups is 2. The molecule has 0 aliphatic carbocycles. The Bertz CT molecular complexity index is 1090. The minimum absolute atomic E-state index is 0.103. The van der Waals surface area contributed by atoms with E-state index in [2.05, 4.69) is 17.5 Å². The predicted octanol–water partition coefficient (Wildman–Crippen LogP) is 9.93. The fraction of sp³-hybridized carbons (Fsp3) is 0.545. The number of ether oxygens (including phenoxy) is 2. The molecule has 0 aliphatic rings. The van der Waals surface area contributed by atoms with Crippen LogP contribution in [0.3, 0.4) is 0 Å². The SMILES string of the molecule is CCCCCCCCCCCCCCCCCC(=O)NN=Cc1ccc(OC(=O)c2ccc(Cl)cc2Cl)c(OC)c1. The number of hydrogen-bond acceptors (Lipinski definition) is 5. The van der Waals surface area contributed by atoms with Crippen LogP contribution in [0.4, 0.5) is 0 Å². The highest BCUT2D eigenvalue weighted by atomic mass is 35.5. The van der Waals surface area contributed by atoms with Gasteiger partial charge in [0.2, 0.25) is 5.91 Å². The number of amides is 1. The number of rotatable bonds is 21. The smallest absolute Gasteiger partial charge is 0.345 e. The molecule has 6 nitrogen and oxygen atoms in total. The van der Waals surface area contributed by atoms with E-state index in [1.807, 2.05) is 0 Å². The third kappa shape index (κ3) is 14.8. The molecule has 0 heterocycles. The number of carbonyl (C=O) groups excluding carboxylic acids is 2. The summed E-state index contributed by atoms with van der Waals surface area (Å²) in [7, 11) is 1.47. The first kappa shape index (κ1) is 34.6. The Hall–Kier alpha value is -2.57. The summed E-state index contributed by atoms with van der Waals surface area (Å²) in [6, 6.07) is 9.51. The molecule has 2 rings (SSSR count). The van der Waals surface area contributed by atoms with E-state index in [0.29, 0.717) is 22.8 Å². The summed E-state index contributed by atoms with van der Waals surface area (Å²) in [5.41, 5.74) is 3.45. The first-order chi connectivity index (χ1) is 19.9. The van der Waals surface area contributed by atoms with Crippen molar-refractivity contribution in [3.63, 3.8) is 0 Å². The first-order valence-electron chi connectivity index (χ1n) is 15.1. The van der Waals surface area contributed by atoms with Crippen LogP contribution in [0.15, 0.2) is 41.5 Å². The minimum atomic E-state index is -0.627. The second-order valence-electron chi connectivity index (χ2n) is 10.4. The Balaban J connectivity index is 1.58. The number of nitrogens with one attached hydrogen (secondary N) is 1. The van der Waals surface area contributed by atoms with Gasteiger partial charge in [0.05, 0.1) is 23.9 Å². The molecule has 0 atom stereocenters. The summed E-state index contributed by atoms with van der Waals surface area (Å²) in [4.78, 5) is 24.6. The van der Waals surface area contributed by atoms with Crippen LogP contribution in [-0.2, 0) is 4.79 Å². The molecule has 0 saturated heterocycles. The molecule has 0 aliphatic heterocycles. The highest BCUT2D eigenvalue weighted by Gasteiger charge is 2.16. The van der Waals surface area contributed by atoms with Gasteiger partial charge in [-0.3, -0.25) is 4.79 Å². The molecule has 0 bridgehead atoms. The maximum atomic E-state index is 12.5. The van der Waals surface area contributed by atoms with Gasteiger partial charge in [-0.15, -0.1) is 0 Å². The van der Waals surface area contributed by atoms with E-state index in [1.165, 1.54) is 109 Å². The Morgan fingerprint density at radius 1 is 0.780 bits per heavy atom. The molecule has 2 aromatic carbocycles. The monoisotopic (exact) mass is 604 g/mol. The average Bonchev–Trinajstić information content (AvgIpc) is 2.95. The van der Waals surface area contributed by atoms with Gasteiger partial charge in [0, 0.05) is 11.4 Å². The van der Waals surface area contributed by atoms with Crippen LogP contribution in [0.2, 0.25) is 10.0 Å². The van der Waals surface area contributed by atoms with Gasteiger partial charge in [-0.25, -0.2) is 10.2 Å². The Kier molecular flexibility index (Phi) is 17.9. The maximum absolute atomic E-state index is 12.5. The van der Waals surface area contributed by atoms with Crippen molar-refractivity contribution >= 4 is 41.3 Å². The molecule has 0 saturated carbocycles. The van der Waals surface area contributed by atoms with Crippen molar-refractivity contribution in [2.45, 2.75) is 110 Å². The molecule has 8 heteroatoms. The Morgan fingerprint density at radius 2 is 1.37 bits per heavy atom. The fourth-order valence-corrected chi connectivity index (χ4v) is 5.04. The lowest BCUT2D eigenvalue weighted by molar-refractivity contribution is -0.121. The molecule has 0 fully saturated rings. The molecular weight excluding hydrogens is 559 g/mol. The molecule has 0 radical (unpaired) electrons. The summed E-state index contributed by atoms with van der Waals surface area (Å²) < 4.78 is 10.8. The molecule has 0 unspecified atom stereocenters. The van der Waals surface area contributed by atoms with Crippen LogP contribution in [0.25, 0.3) is 0 Å². The van der Waals surface area contributed by atoms with Gasteiger partial charge in [0.25, 0.3) is 0 Å². The van der Waals surface area contributed by atoms with Crippen LogP contribution in [0.5, 0.6) is 11.5 Å². The third-order valence-electron chi connectivity index (χ3n) is 6.95. The van der Waals surface area contributed by atoms with E-state index in [4.69, 9.17) is 32.7 Å². The van der Waals surface area contributed by atoms with Crippen LogP contribution < -0.4 is 14.9 Å². The van der Waals surface area contributed by atoms with Crippen molar-refractivity contribution in [3.05, 3.63) is 57.6 Å². The van der Waals surface area contributed by atoms with E-state index < -0.39 is 5.97 Å². The molecule has 2 aromatic rings. The van der Waals surface area contributed by atoms with E-state index in [9.17, 15) is 9.59 Å². The molecule has 41 heavy (non-hydrogen) atoms. The van der Waals surface area contributed by atoms with Crippen molar-refractivity contribution in [3.8, 4) is 11.5 Å². The van der Waals surface area contributed by atoms with Gasteiger partial charge in [-0.05, 0) is 48.4 Å². The average molecular weight is 606 g/mol. The van der Waals surface area contributed by atoms with Gasteiger partial charge in [-0.1, -0.05) is 120 Å². The third-order valence-corrected chi connectivity index (χ3v) is 7.50. The quantitative estimate of drug-likeness (QED) is 0.0505. The topological polar surface area (TPSA) is 77.0 Å². The van der Waals surface area contributed by atoms with Crippen molar-refractivity contribution in [2.75, 3.05) is 7.11 Å². The highest BCUT2D eigenvalue weighted by molar-refractivity contribution is 6.36. The summed E-state index contributed by atoms with van der Waals surface area (Å²) in [5.74, 6) is -0.153. The lowest BCUT2D eigenvalue weighted by Crippen LogP contribution is -2.16. The second kappa shape index (κ2) is 21.2. The van der Waals surface area contributed by atoms with Gasteiger partial charge in [0.1, 0.15) is 0 Å². The lowest BCUT2D eigenvalue weighted by Gasteiger charge is -2.10. The highest BCUT2D eigenvalue weighted by Crippen LogP contribution is 2.30. The van der Waals surface area contributed by atoms with Gasteiger partial charge >= 0.3 is 5.97 Å².